The van der Waals surface area contributed by atoms with Crippen LogP contribution in [0.4, 0.5) is 5.69 Å². The average Bonchev–Trinajstić information content (AvgIpc) is 2.37. The summed E-state index contributed by atoms with van der Waals surface area (Å²) in [6.45, 7) is 1.84. The lowest BCUT2D eigenvalue weighted by Gasteiger charge is -2.18. The molecule has 0 bridgehead atoms. The van der Waals surface area contributed by atoms with E-state index in [-0.39, 0.29) is 18.5 Å². The van der Waals surface area contributed by atoms with Gasteiger partial charge < -0.3 is 10.1 Å². The molecule has 0 saturated heterocycles. The molecule has 0 spiro atoms. The summed E-state index contributed by atoms with van der Waals surface area (Å²) in [4.78, 5) is 13.5. The number of ether oxygens (including phenoxy) is 1. The Balaban J connectivity index is 2.72. The van der Waals surface area contributed by atoms with Gasteiger partial charge in [-0.25, -0.2) is 0 Å². The molecule has 0 heterocycles. The number of carbonyl (C=O) groups excluding carboxylic acids is 1. The van der Waals surface area contributed by atoms with Gasteiger partial charge in [0.15, 0.2) is 0 Å². The molecule has 5 nitrogen and oxygen atoms in total. The monoisotopic (exact) mass is 281 g/mol. The molecule has 0 aromatic heterocycles. The Morgan fingerprint density at radius 1 is 1.63 bits per heavy atom. The van der Waals surface area contributed by atoms with E-state index in [9.17, 15) is 4.79 Å². The minimum Gasteiger partial charge on any atom is -0.495 e. The summed E-state index contributed by atoms with van der Waals surface area (Å²) < 4.78 is 5.14. The summed E-state index contributed by atoms with van der Waals surface area (Å²) in [5.41, 5.74) is 0.512. The molecule has 19 heavy (non-hydrogen) atoms. The predicted molar refractivity (Wildman–Crippen MR) is 74.3 cm³/mol. The fourth-order valence-electron chi connectivity index (χ4n) is 1.43. The lowest BCUT2D eigenvalue weighted by atomic mass is 10.2. The van der Waals surface area contributed by atoms with Gasteiger partial charge >= 0.3 is 0 Å². The van der Waals surface area contributed by atoms with Crippen molar-refractivity contribution in [2.24, 2.45) is 0 Å². The number of methoxy groups -OCH3 is 1. The summed E-state index contributed by atoms with van der Waals surface area (Å²) in [7, 11) is 3.23. The Labute approximate surface area is 117 Å². The van der Waals surface area contributed by atoms with Gasteiger partial charge in [0.25, 0.3) is 0 Å². The summed E-state index contributed by atoms with van der Waals surface area (Å²) in [6.07, 6.45) is 0. The summed E-state index contributed by atoms with van der Waals surface area (Å²) in [5.74, 6) is 0.305. The van der Waals surface area contributed by atoms with Crippen molar-refractivity contribution >= 4 is 23.2 Å². The van der Waals surface area contributed by atoms with Crippen molar-refractivity contribution in [3.8, 4) is 11.8 Å². The molecule has 6 heteroatoms. The molecule has 0 radical (unpaired) electrons. The molecule has 102 valence electrons. The van der Waals surface area contributed by atoms with Crippen LogP contribution in [-0.2, 0) is 4.79 Å². The number of nitriles is 1. The molecular formula is C13H16ClN3O2. The smallest absolute Gasteiger partial charge is 0.238 e. The van der Waals surface area contributed by atoms with E-state index in [0.29, 0.717) is 16.5 Å². The standard InChI is InChI=1S/C13H16ClN3O2/c1-9(7-15)17(2)8-13(18)16-11-6-10(14)4-5-12(11)19-3/h4-6,9H,8H2,1-3H3,(H,16,18)/t9-/m0/s1. The third kappa shape index (κ3) is 4.43. The number of benzene rings is 1. The Morgan fingerprint density at radius 2 is 2.32 bits per heavy atom. The van der Waals surface area contributed by atoms with E-state index in [2.05, 4.69) is 11.4 Å². The van der Waals surface area contributed by atoms with Gasteiger partial charge in [-0.1, -0.05) is 11.6 Å². The van der Waals surface area contributed by atoms with E-state index in [1.165, 1.54) is 7.11 Å². The van der Waals surface area contributed by atoms with Gasteiger partial charge in [0.1, 0.15) is 5.75 Å². The third-order valence-electron chi connectivity index (χ3n) is 2.68. The topological polar surface area (TPSA) is 65.4 Å². The maximum absolute atomic E-state index is 11.9. The van der Waals surface area contributed by atoms with E-state index in [1.807, 2.05) is 0 Å². The summed E-state index contributed by atoms with van der Waals surface area (Å²) in [5, 5.41) is 12.0. The minimum atomic E-state index is -0.327. The van der Waals surface area contributed by atoms with Crippen LogP contribution in [0.15, 0.2) is 18.2 Å². The number of rotatable bonds is 5. The highest BCUT2D eigenvalue weighted by Gasteiger charge is 2.14. The van der Waals surface area contributed by atoms with E-state index in [0.717, 1.165) is 0 Å². The van der Waals surface area contributed by atoms with Crippen LogP contribution >= 0.6 is 11.6 Å². The second kappa shape index (κ2) is 6.98. The Kier molecular flexibility index (Phi) is 5.61. The molecule has 1 aromatic rings. The summed E-state index contributed by atoms with van der Waals surface area (Å²) in [6, 6.07) is 6.72. The second-order valence-electron chi connectivity index (χ2n) is 4.11. The molecule has 0 saturated carbocycles. The van der Waals surface area contributed by atoms with Crippen molar-refractivity contribution in [2.45, 2.75) is 13.0 Å². The third-order valence-corrected chi connectivity index (χ3v) is 2.91. The van der Waals surface area contributed by atoms with E-state index < -0.39 is 0 Å². The number of nitrogens with one attached hydrogen (secondary N) is 1. The van der Waals surface area contributed by atoms with Crippen molar-refractivity contribution in [3.05, 3.63) is 23.2 Å². The highest BCUT2D eigenvalue weighted by molar-refractivity contribution is 6.31. The van der Waals surface area contributed by atoms with Crippen LogP contribution in [-0.4, -0.2) is 37.6 Å². The normalized spacial score (nSPS) is 11.8. The molecule has 0 unspecified atom stereocenters. The molecule has 1 rings (SSSR count). The fourth-order valence-corrected chi connectivity index (χ4v) is 1.60. The Hall–Kier alpha value is -1.77. The molecular weight excluding hydrogens is 266 g/mol. The zero-order valence-electron chi connectivity index (χ0n) is 11.1. The average molecular weight is 282 g/mol. The predicted octanol–water partition coefficient (Wildman–Crippen LogP) is 2.13. The highest BCUT2D eigenvalue weighted by Crippen LogP contribution is 2.27. The minimum absolute atomic E-state index is 0.115. The van der Waals surface area contributed by atoms with Crippen molar-refractivity contribution in [1.82, 2.24) is 4.90 Å². The number of hydrogen-bond donors (Lipinski definition) is 1. The Morgan fingerprint density at radius 3 is 2.89 bits per heavy atom. The SMILES string of the molecule is COc1ccc(Cl)cc1NC(=O)CN(C)[C@@H](C)C#N. The van der Waals surface area contributed by atoms with Crippen LogP contribution in [0.3, 0.4) is 0 Å². The maximum Gasteiger partial charge on any atom is 0.238 e. The fraction of sp³-hybridized carbons (Fsp3) is 0.385. The highest BCUT2D eigenvalue weighted by atomic mass is 35.5. The van der Waals surface area contributed by atoms with E-state index >= 15 is 0 Å². The molecule has 1 N–H and O–H groups in total. The van der Waals surface area contributed by atoms with Crippen molar-refractivity contribution < 1.29 is 9.53 Å². The molecule has 0 aliphatic rings. The number of likely N-dealkylation sites (N-methyl/N-ethyl adjacent to an activating group) is 1. The first kappa shape index (κ1) is 15.3. The number of amides is 1. The van der Waals surface area contributed by atoms with Gasteiger partial charge in [-0.3, -0.25) is 9.69 Å². The number of carbonyl (C=O) groups is 1. The number of hydrogen-bond acceptors (Lipinski definition) is 4. The first-order chi connectivity index (χ1) is 8.97. The van der Waals surface area contributed by atoms with Crippen molar-refractivity contribution in [3.63, 3.8) is 0 Å². The van der Waals surface area contributed by atoms with Gasteiger partial charge in [-0.05, 0) is 32.2 Å². The molecule has 1 amide bonds. The van der Waals surface area contributed by atoms with Crippen LogP contribution in [0.2, 0.25) is 5.02 Å². The zero-order valence-corrected chi connectivity index (χ0v) is 11.9. The molecule has 0 fully saturated rings. The molecule has 1 aromatic carbocycles. The van der Waals surface area contributed by atoms with Gasteiger partial charge in [0.05, 0.1) is 31.5 Å². The van der Waals surface area contributed by atoms with Crippen LogP contribution in [0, 0.1) is 11.3 Å². The van der Waals surface area contributed by atoms with Gasteiger partial charge in [-0.2, -0.15) is 5.26 Å². The van der Waals surface area contributed by atoms with Crippen LogP contribution in [0.1, 0.15) is 6.92 Å². The summed E-state index contributed by atoms with van der Waals surface area (Å²) >= 11 is 5.88. The molecule has 1 atom stereocenters. The van der Waals surface area contributed by atoms with E-state index in [4.69, 9.17) is 21.6 Å². The number of nitrogens with zero attached hydrogens (tertiary/aromatic N) is 2. The first-order valence-corrected chi connectivity index (χ1v) is 6.09. The second-order valence-corrected chi connectivity index (χ2v) is 4.55. The number of anilines is 1. The first-order valence-electron chi connectivity index (χ1n) is 5.71. The molecule has 0 aliphatic carbocycles. The largest absolute Gasteiger partial charge is 0.495 e. The number of halogens is 1. The lowest BCUT2D eigenvalue weighted by Crippen LogP contribution is -2.35. The zero-order chi connectivity index (χ0) is 14.4. The van der Waals surface area contributed by atoms with Crippen molar-refractivity contribution in [2.75, 3.05) is 26.0 Å². The van der Waals surface area contributed by atoms with Gasteiger partial charge in [0.2, 0.25) is 5.91 Å². The lowest BCUT2D eigenvalue weighted by molar-refractivity contribution is -0.117. The van der Waals surface area contributed by atoms with Crippen molar-refractivity contribution in [1.29, 1.82) is 5.26 Å². The van der Waals surface area contributed by atoms with E-state index in [1.54, 1.807) is 37.1 Å². The van der Waals surface area contributed by atoms with Crippen LogP contribution < -0.4 is 10.1 Å². The van der Waals surface area contributed by atoms with Gasteiger partial charge in [0, 0.05) is 5.02 Å². The quantitative estimate of drug-likeness (QED) is 0.898. The van der Waals surface area contributed by atoms with Crippen LogP contribution in [0.5, 0.6) is 5.75 Å². The van der Waals surface area contributed by atoms with Gasteiger partial charge in [-0.15, -0.1) is 0 Å². The Bertz CT molecular complexity index is 499. The maximum atomic E-state index is 11.9. The van der Waals surface area contributed by atoms with Crippen LogP contribution in [0.25, 0.3) is 0 Å². The molecule has 0 aliphatic heterocycles.